The first-order chi connectivity index (χ1) is 15.1. The van der Waals surface area contributed by atoms with Crippen LogP contribution < -0.4 is 0 Å². The van der Waals surface area contributed by atoms with E-state index >= 15 is 0 Å². The summed E-state index contributed by atoms with van der Waals surface area (Å²) in [5.41, 5.74) is 2.77. The van der Waals surface area contributed by atoms with Crippen LogP contribution in [-0.4, -0.2) is 6.43 Å². The van der Waals surface area contributed by atoms with Crippen molar-refractivity contribution < 1.29 is 8.78 Å². The zero-order valence-electron chi connectivity index (χ0n) is 19.5. The number of halogens is 2. The molecule has 0 spiro atoms. The van der Waals surface area contributed by atoms with Crippen LogP contribution in [0, 0.1) is 17.3 Å². The Morgan fingerprint density at radius 2 is 1.52 bits per heavy atom. The van der Waals surface area contributed by atoms with Gasteiger partial charge in [0.15, 0.2) is 0 Å². The van der Waals surface area contributed by atoms with Gasteiger partial charge < -0.3 is 0 Å². The zero-order chi connectivity index (χ0) is 21.9. The Morgan fingerprint density at radius 1 is 0.871 bits per heavy atom. The molecule has 0 nitrogen and oxygen atoms in total. The van der Waals surface area contributed by atoms with E-state index in [-0.39, 0.29) is 11.3 Å². The lowest BCUT2D eigenvalue weighted by molar-refractivity contribution is 0.0280. The van der Waals surface area contributed by atoms with Crippen LogP contribution in [-0.2, 0) is 0 Å². The van der Waals surface area contributed by atoms with Gasteiger partial charge in [-0.15, -0.1) is 0 Å². The summed E-state index contributed by atoms with van der Waals surface area (Å²) in [7, 11) is 0. The molecule has 31 heavy (non-hydrogen) atoms. The largest absolute Gasteiger partial charge is 0.241 e. The van der Waals surface area contributed by atoms with Crippen LogP contribution in [0.1, 0.15) is 102 Å². The van der Waals surface area contributed by atoms with Crippen molar-refractivity contribution in [3.63, 3.8) is 0 Å². The van der Waals surface area contributed by atoms with E-state index in [1.54, 1.807) is 0 Å². The Kier molecular flexibility index (Phi) is 9.81. The van der Waals surface area contributed by atoms with Gasteiger partial charge in [-0.25, -0.2) is 8.78 Å². The lowest BCUT2D eigenvalue weighted by Gasteiger charge is -2.43. The first-order valence-corrected chi connectivity index (χ1v) is 12.9. The van der Waals surface area contributed by atoms with E-state index < -0.39 is 6.43 Å². The lowest BCUT2D eigenvalue weighted by Crippen LogP contribution is -2.34. The number of benzene rings is 1. The third-order valence-electron chi connectivity index (χ3n) is 7.84. The van der Waals surface area contributed by atoms with Gasteiger partial charge >= 0.3 is 0 Å². The van der Waals surface area contributed by atoms with Crippen LogP contribution in [0.5, 0.6) is 0 Å². The summed E-state index contributed by atoms with van der Waals surface area (Å²) in [6, 6.07) is 10.6. The molecule has 1 aromatic rings. The maximum absolute atomic E-state index is 13.2. The second-order valence-corrected chi connectivity index (χ2v) is 9.97. The average Bonchev–Trinajstić information content (AvgIpc) is 2.82. The van der Waals surface area contributed by atoms with Gasteiger partial charge in [0.2, 0.25) is 6.43 Å². The van der Waals surface area contributed by atoms with Gasteiger partial charge in [-0.3, -0.25) is 0 Å². The molecule has 2 heteroatoms. The molecule has 1 atom stereocenters. The first-order valence-electron chi connectivity index (χ1n) is 12.9. The summed E-state index contributed by atoms with van der Waals surface area (Å²) >= 11 is 0. The number of hydrogen-bond donors (Lipinski definition) is 0. The maximum atomic E-state index is 13.2. The standard InChI is InChI=1S/C29H42F2/c1-2-3-4-5-6-7-8-12-21-29(27-17-15-26(16-18-27)28(30)31)22-19-25(20-23-29)24-13-10-9-11-14-24/h9-11,13-14,19-20,22,26-28H,2-8,12,15-18,21,23H2,1H3. The molecule has 0 aromatic heterocycles. The van der Waals surface area contributed by atoms with Gasteiger partial charge in [0.25, 0.3) is 0 Å². The van der Waals surface area contributed by atoms with Crippen molar-refractivity contribution in [1.29, 1.82) is 0 Å². The molecule has 0 heterocycles. The monoisotopic (exact) mass is 428 g/mol. The molecule has 0 radical (unpaired) electrons. The summed E-state index contributed by atoms with van der Waals surface area (Å²) in [4.78, 5) is 0. The molecule has 1 fully saturated rings. The minimum absolute atomic E-state index is 0.174. The minimum atomic E-state index is -2.14. The number of rotatable bonds is 12. The van der Waals surface area contributed by atoms with Crippen molar-refractivity contribution in [3.05, 3.63) is 54.1 Å². The van der Waals surface area contributed by atoms with Crippen LogP contribution in [0.25, 0.3) is 5.57 Å². The van der Waals surface area contributed by atoms with Crippen LogP contribution in [0.3, 0.4) is 0 Å². The van der Waals surface area contributed by atoms with Crippen molar-refractivity contribution >= 4 is 5.57 Å². The molecule has 172 valence electrons. The molecule has 0 bridgehead atoms. The minimum Gasteiger partial charge on any atom is -0.210 e. The van der Waals surface area contributed by atoms with E-state index in [9.17, 15) is 8.78 Å². The second kappa shape index (κ2) is 12.6. The molecule has 2 aliphatic rings. The number of alkyl halides is 2. The number of hydrogen-bond acceptors (Lipinski definition) is 0. The Labute approximate surface area is 189 Å². The fraction of sp³-hybridized carbons (Fsp3) is 0.655. The highest BCUT2D eigenvalue weighted by Gasteiger charge is 2.40. The molecule has 2 aliphatic carbocycles. The Morgan fingerprint density at radius 3 is 2.10 bits per heavy atom. The van der Waals surface area contributed by atoms with Crippen molar-refractivity contribution in [2.24, 2.45) is 17.3 Å². The molecule has 1 aromatic carbocycles. The van der Waals surface area contributed by atoms with E-state index in [0.29, 0.717) is 18.8 Å². The molecule has 1 saturated carbocycles. The summed E-state index contributed by atoms with van der Waals surface area (Å²) in [6.45, 7) is 2.27. The molecular formula is C29H42F2. The van der Waals surface area contributed by atoms with E-state index in [1.165, 1.54) is 68.9 Å². The summed E-state index contributed by atoms with van der Waals surface area (Å²) in [5.74, 6) is 0.177. The molecular weight excluding hydrogens is 386 g/mol. The van der Waals surface area contributed by atoms with Gasteiger partial charge in [0.05, 0.1) is 0 Å². The Balaban J connectivity index is 1.58. The average molecular weight is 429 g/mol. The van der Waals surface area contributed by atoms with Crippen molar-refractivity contribution in [1.82, 2.24) is 0 Å². The molecule has 3 rings (SSSR count). The summed E-state index contributed by atoms with van der Waals surface area (Å²) in [5, 5.41) is 0. The summed E-state index contributed by atoms with van der Waals surface area (Å²) in [6.07, 6.45) is 21.4. The SMILES string of the molecule is CCCCCCCCCCC1(C2CCC(C(F)F)CC2)C=CC(c2ccccc2)=CC1. The van der Waals surface area contributed by atoms with Gasteiger partial charge in [-0.05, 0) is 61.0 Å². The highest BCUT2D eigenvalue weighted by Crippen LogP contribution is 2.50. The lowest BCUT2D eigenvalue weighted by atomic mass is 9.61. The van der Waals surface area contributed by atoms with Crippen molar-refractivity contribution in [2.45, 2.75) is 103 Å². The van der Waals surface area contributed by atoms with Gasteiger partial charge in [-0.2, -0.15) is 0 Å². The van der Waals surface area contributed by atoms with Gasteiger partial charge in [-0.1, -0.05) is 107 Å². The zero-order valence-corrected chi connectivity index (χ0v) is 19.5. The molecule has 1 unspecified atom stereocenters. The fourth-order valence-electron chi connectivity index (χ4n) is 5.76. The van der Waals surface area contributed by atoms with E-state index in [2.05, 4.69) is 55.5 Å². The highest BCUT2D eigenvalue weighted by molar-refractivity contribution is 5.75. The normalized spacial score (nSPS) is 26.3. The second-order valence-electron chi connectivity index (χ2n) is 9.97. The van der Waals surface area contributed by atoms with E-state index in [4.69, 9.17) is 0 Å². The first kappa shape index (κ1) is 24.2. The van der Waals surface area contributed by atoms with E-state index in [1.807, 2.05) is 0 Å². The quantitative estimate of drug-likeness (QED) is 0.291. The van der Waals surface area contributed by atoms with Crippen molar-refractivity contribution in [3.8, 4) is 0 Å². The molecule has 0 amide bonds. The van der Waals surface area contributed by atoms with Crippen LogP contribution >= 0.6 is 0 Å². The van der Waals surface area contributed by atoms with E-state index in [0.717, 1.165) is 19.3 Å². The molecule has 0 N–H and O–H groups in total. The smallest absolute Gasteiger partial charge is 0.210 e. The van der Waals surface area contributed by atoms with Crippen molar-refractivity contribution in [2.75, 3.05) is 0 Å². The van der Waals surface area contributed by atoms with Crippen LogP contribution in [0.15, 0.2) is 48.6 Å². The van der Waals surface area contributed by atoms with Gasteiger partial charge in [0.1, 0.15) is 0 Å². The predicted octanol–water partition coefficient (Wildman–Crippen LogP) is 9.62. The predicted molar refractivity (Wildman–Crippen MR) is 129 cm³/mol. The van der Waals surface area contributed by atoms with Crippen LogP contribution in [0.4, 0.5) is 8.78 Å². The fourth-order valence-corrected chi connectivity index (χ4v) is 5.76. The Hall–Kier alpha value is -1.44. The Bertz CT molecular complexity index is 682. The molecule has 0 saturated heterocycles. The highest BCUT2D eigenvalue weighted by atomic mass is 19.3. The van der Waals surface area contributed by atoms with Gasteiger partial charge in [0, 0.05) is 5.92 Å². The number of allylic oxidation sites excluding steroid dienone is 4. The number of unbranched alkanes of at least 4 members (excludes halogenated alkanes) is 7. The maximum Gasteiger partial charge on any atom is 0.241 e. The summed E-state index contributed by atoms with van der Waals surface area (Å²) < 4.78 is 26.4. The third kappa shape index (κ3) is 7.02. The third-order valence-corrected chi connectivity index (χ3v) is 7.84. The van der Waals surface area contributed by atoms with Crippen LogP contribution in [0.2, 0.25) is 0 Å². The topological polar surface area (TPSA) is 0 Å². The molecule has 0 aliphatic heterocycles.